The fourth-order valence-corrected chi connectivity index (χ4v) is 2.30. The molecular weight excluding hydrogens is 254 g/mol. The van der Waals surface area contributed by atoms with E-state index < -0.39 is 5.54 Å². The molecule has 1 heterocycles. The van der Waals surface area contributed by atoms with E-state index in [1.807, 2.05) is 6.92 Å². The van der Waals surface area contributed by atoms with Crippen LogP contribution in [-0.2, 0) is 28.9 Å². The normalized spacial score (nSPS) is 14.1. The lowest BCUT2D eigenvalue weighted by molar-refractivity contribution is -0.148. The number of esters is 1. The molecule has 0 amide bonds. The Hall–Kier alpha value is -1.36. The summed E-state index contributed by atoms with van der Waals surface area (Å²) in [6, 6.07) is 2.16. The Morgan fingerprint density at radius 2 is 2.15 bits per heavy atom. The molecule has 1 aromatic rings. The number of aryl methyl sites for hydroxylation is 3. The summed E-state index contributed by atoms with van der Waals surface area (Å²) in [7, 11) is 3.21. The van der Waals surface area contributed by atoms with E-state index in [0.29, 0.717) is 0 Å². The number of carbonyl (C=O) groups excluding carboxylic acids is 1. The molecule has 1 rings (SSSR count). The first-order chi connectivity index (χ1) is 9.50. The van der Waals surface area contributed by atoms with Crippen LogP contribution in [-0.4, -0.2) is 35.4 Å². The second-order valence-corrected chi connectivity index (χ2v) is 5.23. The van der Waals surface area contributed by atoms with Gasteiger partial charge in [-0.2, -0.15) is 5.10 Å². The molecule has 114 valence electrons. The van der Waals surface area contributed by atoms with Crippen molar-refractivity contribution in [3.8, 4) is 0 Å². The van der Waals surface area contributed by atoms with Gasteiger partial charge < -0.3 is 10.1 Å². The van der Waals surface area contributed by atoms with Gasteiger partial charge in [-0.1, -0.05) is 13.8 Å². The van der Waals surface area contributed by atoms with Crippen LogP contribution >= 0.6 is 0 Å². The number of aromatic nitrogens is 2. The van der Waals surface area contributed by atoms with E-state index in [2.05, 4.69) is 35.0 Å². The van der Waals surface area contributed by atoms with Crippen molar-refractivity contribution in [2.75, 3.05) is 14.2 Å². The van der Waals surface area contributed by atoms with Gasteiger partial charge in [0.15, 0.2) is 0 Å². The monoisotopic (exact) mass is 281 g/mol. The Balaban J connectivity index is 2.63. The summed E-state index contributed by atoms with van der Waals surface area (Å²) in [6.07, 6.45) is 3.54. The van der Waals surface area contributed by atoms with E-state index in [4.69, 9.17) is 4.74 Å². The molecule has 1 unspecified atom stereocenters. The van der Waals surface area contributed by atoms with Crippen LogP contribution in [0.15, 0.2) is 6.07 Å². The molecule has 0 bridgehead atoms. The van der Waals surface area contributed by atoms with Gasteiger partial charge in [0.25, 0.3) is 0 Å². The predicted molar refractivity (Wildman–Crippen MR) is 79.7 cm³/mol. The number of nitrogens with zero attached hydrogens (tertiary/aromatic N) is 2. The summed E-state index contributed by atoms with van der Waals surface area (Å²) >= 11 is 0. The highest BCUT2D eigenvalue weighted by molar-refractivity contribution is 5.80. The second-order valence-electron chi connectivity index (χ2n) is 5.23. The highest BCUT2D eigenvalue weighted by Crippen LogP contribution is 2.15. The number of hydrogen-bond donors (Lipinski definition) is 1. The van der Waals surface area contributed by atoms with Crippen molar-refractivity contribution in [2.45, 2.75) is 58.5 Å². The number of hydrogen-bond acceptors (Lipinski definition) is 4. The molecular formula is C15H27N3O2. The van der Waals surface area contributed by atoms with Crippen LogP contribution in [0.5, 0.6) is 0 Å². The smallest absolute Gasteiger partial charge is 0.325 e. The Morgan fingerprint density at radius 3 is 2.65 bits per heavy atom. The summed E-state index contributed by atoms with van der Waals surface area (Å²) in [5, 5.41) is 7.65. The lowest BCUT2D eigenvalue weighted by atomic mass is 9.96. The van der Waals surface area contributed by atoms with E-state index in [-0.39, 0.29) is 5.97 Å². The maximum absolute atomic E-state index is 11.8. The van der Waals surface area contributed by atoms with Gasteiger partial charge >= 0.3 is 5.97 Å². The molecule has 0 aliphatic heterocycles. The van der Waals surface area contributed by atoms with Crippen LogP contribution in [0.4, 0.5) is 0 Å². The van der Waals surface area contributed by atoms with Crippen LogP contribution in [0, 0.1) is 0 Å². The molecule has 0 saturated carbocycles. The van der Waals surface area contributed by atoms with Crippen molar-refractivity contribution in [3.05, 3.63) is 17.5 Å². The Labute approximate surface area is 121 Å². The average molecular weight is 281 g/mol. The number of ether oxygens (including phenoxy) is 1. The van der Waals surface area contributed by atoms with Gasteiger partial charge in [0, 0.05) is 12.2 Å². The number of carbonyl (C=O) groups is 1. The van der Waals surface area contributed by atoms with Gasteiger partial charge in [-0.05, 0) is 45.7 Å². The van der Waals surface area contributed by atoms with Crippen LogP contribution in [0.2, 0.25) is 0 Å². The molecule has 5 heteroatoms. The first-order valence-electron chi connectivity index (χ1n) is 7.33. The highest BCUT2D eigenvalue weighted by atomic mass is 16.5. The number of rotatable bonds is 8. The van der Waals surface area contributed by atoms with Gasteiger partial charge in [-0.25, -0.2) is 0 Å². The zero-order valence-electron chi connectivity index (χ0n) is 13.3. The van der Waals surface area contributed by atoms with Crippen molar-refractivity contribution in [2.24, 2.45) is 0 Å². The Morgan fingerprint density at radius 1 is 1.45 bits per heavy atom. The first-order valence-corrected chi connectivity index (χ1v) is 7.33. The Bertz CT molecular complexity index is 442. The van der Waals surface area contributed by atoms with Crippen LogP contribution in [0.25, 0.3) is 0 Å². The van der Waals surface area contributed by atoms with Crippen molar-refractivity contribution in [1.82, 2.24) is 15.1 Å². The molecule has 0 aromatic carbocycles. The summed E-state index contributed by atoms with van der Waals surface area (Å²) in [5.41, 5.74) is 1.76. The minimum atomic E-state index is -0.623. The minimum absolute atomic E-state index is 0.217. The quantitative estimate of drug-likeness (QED) is 0.740. The third kappa shape index (κ3) is 3.82. The zero-order chi connectivity index (χ0) is 15.2. The fraction of sp³-hybridized carbons (Fsp3) is 0.733. The summed E-state index contributed by atoms with van der Waals surface area (Å²) < 4.78 is 6.91. The molecule has 0 fully saturated rings. The minimum Gasteiger partial charge on any atom is -0.468 e. The first kappa shape index (κ1) is 16.7. The summed E-state index contributed by atoms with van der Waals surface area (Å²) in [5.74, 6) is -0.217. The van der Waals surface area contributed by atoms with Crippen molar-refractivity contribution >= 4 is 5.97 Å². The van der Waals surface area contributed by atoms with Crippen molar-refractivity contribution in [1.29, 1.82) is 0 Å². The van der Waals surface area contributed by atoms with Crippen molar-refractivity contribution < 1.29 is 9.53 Å². The molecule has 1 aromatic heterocycles. The van der Waals surface area contributed by atoms with Crippen molar-refractivity contribution in [3.63, 3.8) is 0 Å². The number of nitrogens with one attached hydrogen (secondary N) is 1. The van der Waals surface area contributed by atoms with Crippen LogP contribution < -0.4 is 5.32 Å². The zero-order valence-corrected chi connectivity index (χ0v) is 13.3. The van der Waals surface area contributed by atoms with Gasteiger partial charge in [-0.15, -0.1) is 0 Å². The molecule has 5 nitrogen and oxygen atoms in total. The van der Waals surface area contributed by atoms with Gasteiger partial charge in [-0.3, -0.25) is 9.48 Å². The fourth-order valence-electron chi connectivity index (χ4n) is 2.30. The average Bonchev–Trinajstić information content (AvgIpc) is 2.88. The topological polar surface area (TPSA) is 56.2 Å². The highest BCUT2D eigenvalue weighted by Gasteiger charge is 2.31. The molecule has 0 spiro atoms. The maximum atomic E-state index is 11.8. The standard InChI is InChI=1S/C15H27N3O2/c1-6-12-11-13(7-2)18(17-12)10-8-9-15(3,16-4)14(19)20-5/h11,16H,6-10H2,1-5H3. The number of likely N-dealkylation sites (N-methyl/N-ethyl adjacent to an activating group) is 1. The SMILES string of the molecule is CCc1cc(CC)n(CCCC(C)(NC)C(=O)OC)n1. The Kier molecular flexibility index (Phi) is 6.20. The molecule has 0 saturated heterocycles. The molecule has 1 atom stereocenters. The van der Waals surface area contributed by atoms with E-state index in [1.165, 1.54) is 12.8 Å². The van der Waals surface area contributed by atoms with E-state index in [1.54, 1.807) is 7.05 Å². The number of methoxy groups -OCH3 is 1. The summed E-state index contributed by atoms with van der Waals surface area (Å²) in [4.78, 5) is 11.8. The molecule has 1 N–H and O–H groups in total. The largest absolute Gasteiger partial charge is 0.468 e. The molecule has 0 aliphatic rings. The molecule has 0 radical (unpaired) electrons. The van der Waals surface area contributed by atoms with Gasteiger partial charge in [0.05, 0.1) is 12.8 Å². The van der Waals surface area contributed by atoms with Crippen LogP contribution in [0.3, 0.4) is 0 Å². The third-order valence-corrected chi connectivity index (χ3v) is 3.87. The van der Waals surface area contributed by atoms with E-state index >= 15 is 0 Å². The third-order valence-electron chi connectivity index (χ3n) is 3.87. The molecule has 0 aliphatic carbocycles. The lowest BCUT2D eigenvalue weighted by Crippen LogP contribution is -2.48. The maximum Gasteiger partial charge on any atom is 0.325 e. The van der Waals surface area contributed by atoms with Gasteiger partial charge in [0.1, 0.15) is 5.54 Å². The van der Waals surface area contributed by atoms with Crippen LogP contribution in [0.1, 0.15) is 45.0 Å². The van der Waals surface area contributed by atoms with E-state index in [9.17, 15) is 4.79 Å². The van der Waals surface area contributed by atoms with E-state index in [0.717, 1.165) is 37.9 Å². The predicted octanol–water partition coefficient (Wildman–Crippen LogP) is 1.94. The summed E-state index contributed by atoms with van der Waals surface area (Å²) in [6.45, 7) is 6.96. The second kappa shape index (κ2) is 7.43. The molecule has 20 heavy (non-hydrogen) atoms. The van der Waals surface area contributed by atoms with Gasteiger partial charge in [0.2, 0.25) is 0 Å². The lowest BCUT2D eigenvalue weighted by Gasteiger charge is -2.26.